The van der Waals surface area contributed by atoms with Crippen molar-refractivity contribution in [2.45, 2.75) is 23.7 Å². The van der Waals surface area contributed by atoms with Crippen LogP contribution in [0.25, 0.3) is 0 Å². The lowest BCUT2D eigenvalue weighted by molar-refractivity contribution is -0.274. The lowest BCUT2D eigenvalue weighted by Crippen LogP contribution is -2.29. The highest BCUT2D eigenvalue weighted by Crippen LogP contribution is 2.25. The van der Waals surface area contributed by atoms with E-state index in [4.69, 9.17) is 5.11 Å². The number of sulfonamides is 1. The molecule has 2 rings (SSSR count). The fourth-order valence-electron chi connectivity index (χ4n) is 2.18. The number of benzene rings is 2. The Kier molecular flexibility index (Phi) is 6.04. The molecule has 2 aromatic rings. The molecular weight excluding hydrogens is 359 g/mol. The minimum atomic E-state index is -4.85. The molecule has 0 aliphatic heterocycles. The van der Waals surface area contributed by atoms with Gasteiger partial charge in [-0.05, 0) is 36.2 Å². The second-order valence-electron chi connectivity index (χ2n) is 5.12. The molecule has 5 nitrogen and oxygen atoms in total. The van der Waals surface area contributed by atoms with Crippen LogP contribution in [0.5, 0.6) is 5.75 Å². The van der Waals surface area contributed by atoms with Crippen LogP contribution in [0.3, 0.4) is 0 Å². The van der Waals surface area contributed by atoms with Gasteiger partial charge in [-0.15, -0.1) is 13.2 Å². The van der Waals surface area contributed by atoms with Crippen LogP contribution >= 0.6 is 0 Å². The van der Waals surface area contributed by atoms with Gasteiger partial charge in [-0.25, -0.2) is 13.1 Å². The van der Waals surface area contributed by atoms with Crippen molar-refractivity contribution >= 4 is 10.0 Å². The molecule has 9 heteroatoms. The van der Waals surface area contributed by atoms with E-state index in [1.54, 1.807) is 30.3 Å². The van der Waals surface area contributed by atoms with E-state index < -0.39 is 28.2 Å². The number of halogens is 3. The highest BCUT2D eigenvalue weighted by atomic mass is 32.2. The summed E-state index contributed by atoms with van der Waals surface area (Å²) in [6.45, 7) is -0.236. The van der Waals surface area contributed by atoms with Gasteiger partial charge in [0.25, 0.3) is 0 Å². The van der Waals surface area contributed by atoms with Crippen LogP contribution in [-0.4, -0.2) is 26.5 Å². The van der Waals surface area contributed by atoms with Crippen molar-refractivity contribution < 1.29 is 31.4 Å². The molecule has 0 amide bonds. The summed E-state index contributed by atoms with van der Waals surface area (Å²) < 4.78 is 67.4. The van der Waals surface area contributed by atoms with E-state index in [0.717, 1.165) is 24.3 Å². The minimum Gasteiger partial charge on any atom is -0.406 e. The summed E-state index contributed by atoms with van der Waals surface area (Å²) in [6, 6.07) is 11.9. The molecule has 0 heterocycles. The fraction of sp³-hybridized carbons (Fsp3) is 0.250. The average molecular weight is 375 g/mol. The second-order valence-corrected chi connectivity index (χ2v) is 6.83. The molecule has 1 atom stereocenters. The molecule has 136 valence electrons. The molecule has 0 bridgehead atoms. The first-order valence-corrected chi connectivity index (χ1v) is 8.73. The standard InChI is InChI=1S/C16H16F3NO4S/c17-16(18,19)24-13-6-8-14(9-7-13)25(22,23)20-15(10-11-21)12-4-2-1-3-5-12/h1-9,15,20-21H,10-11H2/t15-/m1/s1. The second kappa shape index (κ2) is 7.85. The predicted molar refractivity (Wildman–Crippen MR) is 84.3 cm³/mol. The molecule has 0 unspecified atom stereocenters. The number of rotatable bonds is 7. The van der Waals surface area contributed by atoms with Crippen molar-refractivity contribution in [3.8, 4) is 5.75 Å². The predicted octanol–water partition coefficient (Wildman–Crippen LogP) is 2.99. The molecule has 0 aromatic heterocycles. The van der Waals surface area contributed by atoms with Crippen LogP contribution in [0.2, 0.25) is 0 Å². The maximum absolute atomic E-state index is 12.4. The molecule has 0 aliphatic carbocycles. The van der Waals surface area contributed by atoms with Crippen molar-refractivity contribution in [1.82, 2.24) is 4.72 Å². The van der Waals surface area contributed by atoms with E-state index in [-0.39, 0.29) is 17.9 Å². The Bertz CT molecular complexity index is 777. The molecule has 25 heavy (non-hydrogen) atoms. The van der Waals surface area contributed by atoms with E-state index in [2.05, 4.69) is 9.46 Å². The van der Waals surface area contributed by atoms with E-state index in [1.807, 2.05) is 0 Å². The summed E-state index contributed by atoms with van der Waals surface area (Å²) in [5, 5.41) is 9.15. The third-order valence-corrected chi connectivity index (χ3v) is 4.77. The Morgan fingerprint density at radius 2 is 1.64 bits per heavy atom. The largest absolute Gasteiger partial charge is 0.573 e. The fourth-order valence-corrected chi connectivity index (χ4v) is 3.44. The van der Waals surface area contributed by atoms with Crippen molar-refractivity contribution in [2.24, 2.45) is 0 Å². The number of hydrogen-bond donors (Lipinski definition) is 2. The van der Waals surface area contributed by atoms with E-state index in [1.165, 1.54) is 0 Å². The third kappa shape index (κ3) is 5.73. The summed E-state index contributed by atoms with van der Waals surface area (Å²) in [6.07, 6.45) is -4.70. The molecule has 0 fully saturated rings. The summed E-state index contributed by atoms with van der Waals surface area (Å²) in [4.78, 5) is -0.208. The molecule has 2 N–H and O–H groups in total. The quantitative estimate of drug-likeness (QED) is 0.780. The highest BCUT2D eigenvalue weighted by molar-refractivity contribution is 7.89. The Hall–Kier alpha value is -2.10. The van der Waals surface area contributed by atoms with Gasteiger partial charge in [0.2, 0.25) is 10.0 Å². The van der Waals surface area contributed by atoms with Gasteiger partial charge in [-0.1, -0.05) is 30.3 Å². The summed E-state index contributed by atoms with van der Waals surface area (Å²) >= 11 is 0. The topological polar surface area (TPSA) is 75.6 Å². The molecule has 0 radical (unpaired) electrons. The van der Waals surface area contributed by atoms with Crippen LogP contribution in [0.15, 0.2) is 59.5 Å². The Labute approximate surface area is 143 Å². The van der Waals surface area contributed by atoms with Gasteiger partial charge in [0, 0.05) is 12.6 Å². The van der Waals surface area contributed by atoms with Gasteiger partial charge in [-0.3, -0.25) is 0 Å². The van der Waals surface area contributed by atoms with Crippen molar-refractivity contribution in [1.29, 1.82) is 0 Å². The Balaban J connectivity index is 2.19. The lowest BCUT2D eigenvalue weighted by atomic mass is 10.1. The maximum atomic E-state index is 12.4. The lowest BCUT2D eigenvalue weighted by Gasteiger charge is -2.18. The summed E-state index contributed by atoms with van der Waals surface area (Å²) in [5.74, 6) is -0.513. The zero-order chi connectivity index (χ0) is 18.5. The summed E-state index contributed by atoms with van der Waals surface area (Å²) in [5.41, 5.74) is 0.664. The molecule has 0 aliphatic rings. The number of hydrogen-bond acceptors (Lipinski definition) is 4. The van der Waals surface area contributed by atoms with Gasteiger partial charge in [0.1, 0.15) is 5.75 Å². The first-order valence-electron chi connectivity index (χ1n) is 7.25. The van der Waals surface area contributed by atoms with Crippen LogP contribution < -0.4 is 9.46 Å². The van der Waals surface area contributed by atoms with Gasteiger partial charge in [-0.2, -0.15) is 0 Å². The van der Waals surface area contributed by atoms with Gasteiger partial charge < -0.3 is 9.84 Å². The van der Waals surface area contributed by atoms with Gasteiger partial charge in [0.05, 0.1) is 4.90 Å². The Morgan fingerprint density at radius 3 is 2.16 bits per heavy atom. The Morgan fingerprint density at radius 1 is 1.04 bits per heavy atom. The summed E-state index contributed by atoms with van der Waals surface area (Å²) in [7, 11) is -3.99. The van der Waals surface area contributed by atoms with Crippen molar-refractivity contribution in [3.63, 3.8) is 0 Å². The molecular formula is C16H16F3NO4S. The number of nitrogens with one attached hydrogen (secondary N) is 1. The van der Waals surface area contributed by atoms with Gasteiger partial charge in [0.15, 0.2) is 0 Å². The molecule has 2 aromatic carbocycles. The normalized spacial score (nSPS) is 13.4. The molecule has 0 spiro atoms. The smallest absolute Gasteiger partial charge is 0.406 e. The van der Waals surface area contributed by atoms with Crippen LogP contribution in [0.1, 0.15) is 18.0 Å². The van der Waals surface area contributed by atoms with Gasteiger partial charge >= 0.3 is 6.36 Å². The van der Waals surface area contributed by atoms with Crippen molar-refractivity contribution in [2.75, 3.05) is 6.61 Å². The van der Waals surface area contributed by atoms with Crippen LogP contribution in [0.4, 0.5) is 13.2 Å². The number of aliphatic hydroxyl groups is 1. The van der Waals surface area contributed by atoms with Crippen molar-refractivity contribution in [3.05, 3.63) is 60.2 Å². The van der Waals surface area contributed by atoms with E-state index in [0.29, 0.717) is 5.56 Å². The zero-order valence-corrected chi connectivity index (χ0v) is 13.7. The van der Waals surface area contributed by atoms with Crippen LogP contribution in [-0.2, 0) is 10.0 Å². The number of alkyl halides is 3. The molecule has 0 saturated carbocycles. The third-order valence-electron chi connectivity index (χ3n) is 3.28. The van der Waals surface area contributed by atoms with E-state index >= 15 is 0 Å². The SMILES string of the molecule is O=S(=O)(N[C@H](CCO)c1ccccc1)c1ccc(OC(F)(F)F)cc1. The number of aliphatic hydroxyl groups excluding tert-OH is 1. The molecule has 0 saturated heterocycles. The highest BCUT2D eigenvalue weighted by Gasteiger charge is 2.31. The minimum absolute atomic E-state index is 0.151. The van der Waals surface area contributed by atoms with Crippen LogP contribution in [0, 0.1) is 0 Å². The number of ether oxygens (including phenoxy) is 1. The maximum Gasteiger partial charge on any atom is 0.573 e. The monoisotopic (exact) mass is 375 g/mol. The zero-order valence-electron chi connectivity index (χ0n) is 12.9. The first kappa shape index (κ1) is 19.2. The van der Waals surface area contributed by atoms with E-state index in [9.17, 15) is 21.6 Å². The first-order chi connectivity index (χ1) is 11.7. The average Bonchev–Trinajstić information content (AvgIpc) is 2.54.